The van der Waals surface area contributed by atoms with Gasteiger partial charge in [0.05, 0.1) is 6.08 Å². The van der Waals surface area contributed by atoms with Gasteiger partial charge in [0.25, 0.3) is 0 Å². The topological polar surface area (TPSA) is 58.6 Å². The summed E-state index contributed by atoms with van der Waals surface area (Å²) in [4.78, 5) is 12.0. The van der Waals surface area contributed by atoms with Gasteiger partial charge in [0.1, 0.15) is 11.5 Å². The van der Waals surface area contributed by atoms with E-state index in [0.717, 1.165) is 43.0 Å². The van der Waals surface area contributed by atoms with Crippen molar-refractivity contribution in [3.05, 3.63) is 53.4 Å². The van der Waals surface area contributed by atoms with Crippen LogP contribution < -0.4 is 10.1 Å². The van der Waals surface area contributed by atoms with E-state index in [0.29, 0.717) is 5.75 Å². The number of aliphatic hydroxyl groups is 1. The van der Waals surface area contributed by atoms with Crippen LogP contribution in [-0.4, -0.2) is 16.6 Å². The second-order valence-corrected chi connectivity index (χ2v) is 6.80. The van der Waals surface area contributed by atoms with Crippen LogP contribution in [0.25, 0.3) is 0 Å². The predicted octanol–water partition coefficient (Wildman–Crippen LogP) is 4.25. The van der Waals surface area contributed by atoms with E-state index in [1.807, 2.05) is 6.07 Å². The third-order valence-corrected chi connectivity index (χ3v) is 3.52. The lowest BCUT2D eigenvalue weighted by molar-refractivity contribution is -0.129. The molecule has 0 unspecified atom stereocenters. The maximum absolute atomic E-state index is 12.0. The maximum atomic E-state index is 12.0. The second-order valence-electron chi connectivity index (χ2n) is 6.80. The Morgan fingerprint density at radius 1 is 1.17 bits per heavy atom. The van der Waals surface area contributed by atoms with Gasteiger partial charge in [-0.3, -0.25) is 0 Å². The van der Waals surface area contributed by atoms with Crippen LogP contribution in [0.2, 0.25) is 0 Å². The van der Waals surface area contributed by atoms with Crippen molar-refractivity contribution in [2.24, 2.45) is 0 Å². The summed E-state index contributed by atoms with van der Waals surface area (Å²) < 4.78 is 5.19. The molecule has 4 nitrogen and oxygen atoms in total. The van der Waals surface area contributed by atoms with Crippen molar-refractivity contribution >= 4 is 5.97 Å². The number of carbonyl (C=O) groups is 1. The van der Waals surface area contributed by atoms with Gasteiger partial charge in [-0.1, -0.05) is 18.2 Å². The molecule has 2 rings (SSSR count). The van der Waals surface area contributed by atoms with Crippen molar-refractivity contribution in [3.63, 3.8) is 0 Å². The molecule has 124 valence electrons. The van der Waals surface area contributed by atoms with Crippen LogP contribution in [0, 0.1) is 0 Å². The first-order chi connectivity index (χ1) is 10.8. The van der Waals surface area contributed by atoms with E-state index in [1.54, 1.807) is 24.3 Å². The Kier molecular flexibility index (Phi) is 5.48. The molecule has 1 aromatic carbocycles. The number of esters is 1. The van der Waals surface area contributed by atoms with Crippen molar-refractivity contribution < 1.29 is 14.6 Å². The molecule has 0 fully saturated rings. The van der Waals surface area contributed by atoms with Crippen LogP contribution in [0.5, 0.6) is 5.75 Å². The number of hydrogen-bond donors (Lipinski definition) is 2. The average molecular weight is 315 g/mol. The summed E-state index contributed by atoms with van der Waals surface area (Å²) in [6, 6.07) is 8.84. The van der Waals surface area contributed by atoms with E-state index in [9.17, 15) is 9.90 Å². The first-order valence-corrected chi connectivity index (χ1v) is 8.03. The van der Waals surface area contributed by atoms with Crippen LogP contribution in [0.15, 0.2) is 53.4 Å². The molecule has 0 aromatic heterocycles. The number of rotatable bonds is 4. The van der Waals surface area contributed by atoms with Crippen LogP contribution in [0.3, 0.4) is 0 Å². The molecule has 0 saturated carbocycles. The molecule has 4 heteroatoms. The summed E-state index contributed by atoms with van der Waals surface area (Å²) in [7, 11) is 0. The van der Waals surface area contributed by atoms with Gasteiger partial charge < -0.3 is 15.2 Å². The Balaban J connectivity index is 2.15. The van der Waals surface area contributed by atoms with Crippen molar-refractivity contribution in [2.45, 2.75) is 52.0 Å². The lowest BCUT2D eigenvalue weighted by Gasteiger charge is -2.29. The van der Waals surface area contributed by atoms with Gasteiger partial charge in [0.15, 0.2) is 0 Å². The summed E-state index contributed by atoms with van der Waals surface area (Å²) >= 11 is 0. The standard InChI is InChI=1S/C19H25NO3/c1-19(2,3)20-16-12-8-7-11-15(16)17(21)13-18(22)23-14-9-5-4-6-10-14/h4-6,9-10,13,20-21H,7-8,11-12H2,1-3H3/b17-13+. The molecule has 0 saturated heterocycles. The normalized spacial score (nSPS) is 16.2. The minimum absolute atomic E-state index is 0.00242. The Labute approximate surface area is 137 Å². The molecule has 23 heavy (non-hydrogen) atoms. The number of para-hydroxylation sites is 1. The first kappa shape index (κ1) is 17.1. The number of nitrogens with one attached hydrogen (secondary N) is 1. The number of benzene rings is 1. The molecule has 0 atom stereocenters. The van der Waals surface area contributed by atoms with E-state index in [1.165, 1.54) is 0 Å². The number of carbonyl (C=O) groups excluding carboxylic acids is 1. The highest BCUT2D eigenvalue weighted by molar-refractivity contribution is 5.85. The Morgan fingerprint density at radius 2 is 1.83 bits per heavy atom. The van der Waals surface area contributed by atoms with Gasteiger partial charge in [-0.15, -0.1) is 0 Å². The van der Waals surface area contributed by atoms with Gasteiger partial charge >= 0.3 is 5.97 Å². The molecule has 0 amide bonds. The number of hydrogen-bond acceptors (Lipinski definition) is 4. The smallest absolute Gasteiger partial charge is 0.339 e. The highest BCUT2D eigenvalue weighted by Crippen LogP contribution is 2.28. The van der Waals surface area contributed by atoms with E-state index in [4.69, 9.17) is 4.74 Å². The summed E-state index contributed by atoms with van der Waals surface area (Å²) in [5.41, 5.74) is 1.75. The van der Waals surface area contributed by atoms with Crippen molar-refractivity contribution in [2.75, 3.05) is 0 Å². The van der Waals surface area contributed by atoms with E-state index in [2.05, 4.69) is 26.1 Å². The molecule has 2 N–H and O–H groups in total. The van der Waals surface area contributed by atoms with Crippen LogP contribution in [-0.2, 0) is 4.79 Å². The SMILES string of the molecule is CC(C)(C)NC1=C(/C(O)=C\C(=O)Oc2ccccc2)CCCC1. The molecule has 0 heterocycles. The molecular formula is C19H25NO3. The monoisotopic (exact) mass is 315 g/mol. The third-order valence-electron chi connectivity index (χ3n) is 3.52. The quantitative estimate of drug-likeness (QED) is 0.377. The van der Waals surface area contributed by atoms with Gasteiger partial charge in [-0.25, -0.2) is 4.79 Å². The molecule has 1 aromatic rings. The fourth-order valence-electron chi connectivity index (χ4n) is 2.61. The molecular weight excluding hydrogens is 290 g/mol. The number of ether oxygens (including phenoxy) is 1. The largest absolute Gasteiger partial charge is 0.507 e. The minimum atomic E-state index is -0.568. The zero-order chi connectivity index (χ0) is 16.9. The van der Waals surface area contributed by atoms with Crippen LogP contribution >= 0.6 is 0 Å². The van der Waals surface area contributed by atoms with Crippen LogP contribution in [0.4, 0.5) is 0 Å². The maximum Gasteiger partial charge on any atom is 0.339 e. The zero-order valence-corrected chi connectivity index (χ0v) is 14.1. The Bertz CT molecular complexity index is 609. The van der Waals surface area contributed by atoms with Gasteiger partial charge in [-0.2, -0.15) is 0 Å². The fourth-order valence-corrected chi connectivity index (χ4v) is 2.61. The fraction of sp³-hybridized carbons (Fsp3) is 0.421. The summed E-state index contributed by atoms with van der Waals surface area (Å²) in [5.74, 6) is -0.105. The molecule has 1 aliphatic carbocycles. The zero-order valence-electron chi connectivity index (χ0n) is 14.1. The molecule has 0 spiro atoms. The lowest BCUT2D eigenvalue weighted by Crippen LogP contribution is -2.36. The number of allylic oxidation sites excluding steroid dienone is 2. The third kappa shape index (κ3) is 5.47. The van der Waals surface area contributed by atoms with Gasteiger partial charge in [-0.05, 0) is 58.6 Å². The van der Waals surface area contributed by atoms with E-state index < -0.39 is 5.97 Å². The number of aliphatic hydroxyl groups excluding tert-OH is 1. The molecule has 0 bridgehead atoms. The van der Waals surface area contributed by atoms with Gasteiger partial charge in [0.2, 0.25) is 0 Å². The van der Waals surface area contributed by atoms with E-state index >= 15 is 0 Å². The second kappa shape index (κ2) is 7.36. The highest BCUT2D eigenvalue weighted by atomic mass is 16.5. The Morgan fingerprint density at radius 3 is 2.48 bits per heavy atom. The predicted molar refractivity (Wildman–Crippen MR) is 91.2 cm³/mol. The minimum Gasteiger partial charge on any atom is -0.507 e. The van der Waals surface area contributed by atoms with Crippen molar-refractivity contribution in [1.82, 2.24) is 5.32 Å². The molecule has 0 aliphatic heterocycles. The van der Waals surface area contributed by atoms with Gasteiger partial charge in [0, 0.05) is 16.8 Å². The Hall–Kier alpha value is -2.23. The van der Waals surface area contributed by atoms with Crippen molar-refractivity contribution in [3.8, 4) is 5.75 Å². The lowest BCUT2D eigenvalue weighted by atomic mass is 9.93. The van der Waals surface area contributed by atoms with Crippen LogP contribution in [0.1, 0.15) is 46.5 Å². The first-order valence-electron chi connectivity index (χ1n) is 8.03. The van der Waals surface area contributed by atoms with Crippen molar-refractivity contribution in [1.29, 1.82) is 0 Å². The summed E-state index contributed by atoms with van der Waals surface area (Å²) in [6.07, 6.45) is 4.91. The average Bonchev–Trinajstić information content (AvgIpc) is 2.47. The summed E-state index contributed by atoms with van der Waals surface area (Å²) in [6.45, 7) is 6.24. The van der Waals surface area contributed by atoms with E-state index in [-0.39, 0.29) is 11.3 Å². The molecule has 1 aliphatic rings. The highest BCUT2D eigenvalue weighted by Gasteiger charge is 2.20. The summed E-state index contributed by atoms with van der Waals surface area (Å²) in [5, 5.41) is 13.8. The molecule has 0 radical (unpaired) electrons.